The average Bonchev–Trinajstić information content (AvgIpc) is 2.96. The van der Waals surface area contributed by atoms with E-state index in [2.05, 4.69) is 28.2 Å². The molecule has 0 saturated heterocycles. The van der Waals surface area contributed by atoms with Gasteiger partial charge in [0.05, 0.1) is 4.47 Å². The largest absolute Gasteiger partial charge is 0.309 e. The molecule has 1 aromatic rings. The summed E-state index contributed by atoms with van der Waals surface area (Å²) in [5.74, 6) is 0.839. The maximum absolute atomic E-state index is 14.3. The Bertz CT molecular complexity index is 421. The lowest BCUT2D eigenvalue weighted by Crippen LogP contribution is -2.25. The van der Waals surface area contributed by atoms with Crippen LogP contribution in [-0.4, -0.2) is 17.5 Å². The van der Waals surface area contributed by atoms with Gasteiger partial charge >= 0.3 is 0 Å². The molecule has 112 valence electrons. The number of halogens is 2. The van der Waals surface area contributed by atoms with Crippen LogP contribution < -0.4 is 5.32 Å². The van der Waals surface area contributed by atoms with Crippen LogP contribution in [0.3, 0.4) is 0 Å². The molecule has 1 saturated carbocycles. The lowest BCUT2D eigenvalue weighted by Gasteiger charge is -2.21. The van der Waals surface area contributed by atoms with Gasteiger partial charge in [-0.15, -0.1) is 0 Å². The van der Waals surface area contributed by atoms with Crippen molar-refractivity contribution < 1.29 is 4.39 Å². The molecule has 1 atom stereocenters. The minimum Gasteiger partial charge on any atom is -0.309 e. The van der Waals surface area contributed by atoms with Crippen LogP contribution in [-0.2, 0) is 0 Å². The molecule has 0 amide bonds. The fraction of sp³-hybridized carbons (Fsp3) is 0.625. The van der Waals surface area contributed by atoms with E-state index in [1.54, 1.807) is 6.07 Å². The standard InChI is InChI=1S/C16H23BrFNS/c1-2-10-19-15(11-20-12-6-3-4-7-12)13-8-5-9-14(17)16(13)18/h5,8-9,12,15,19H,2-4,6-7,10-11H2,1H3. The highest BCUT2D eigenvalue weighted by Crippen LogP contribution is 2.33. The van der Waals surface area contributed by atoms with Gasteiger partial charge in [0.2, 0.25) is 0 Å². The van der Waals surface area contributed by atoms with Crippen LogP contribution in [0.15, 0.2) is 22.7 Å². The molecule has 0 aromatic heterocycles. The van der Waals surface area contributed by atoms with Crippen LogP contribution in [0.25, 0.3) is 0 Å². The van der Waals surface area contributed by atoms with Crippen molar-refractivity contribution in [1.82, 2.24) is 5.32 Å². The first-order chi connectivity index (χ1) is 9.72. The molecule has 1 nitrogen and oxygen atoms in total. The lowest BCUT2D eigenvalue weighted by atomic mass is 10.1. The fourth-order valence-electron chi connectivity index (χ4n) is 2.65. The van der Waals surface area contributed by atoms with Crippen molar-refractivity contribution in [1.29, 1.82) is 0 Å². The summed E-state index contributed by atoms with van der Waals surface area (Å²) < 4.78 is 14.8. The van der Waals surface area contributed by atoms with E-state index in [-0.39, 0.29) is 11.9 Å². The molecule has 4 heteroatoms. The van der Waals surface area contributed by atoms with Crippen molar-refractivity contribution in [3.05, 3.63) is 34.1 Å². The molecule has 1 aromatic carbocycles. The van der Waals surface area contributed by atoms with Gasteiger partial charge in [-0.1, -0.05) is 31.9 Å². The van der Waals surface area contributed by atoms with Crippen LogP contribution in [0.4, 0.5) is 4.39 Å². The van der Waals surface area contributed by atoms with Gasteiger partial charge in [-0.05, 0) is 47.8 Å². The minimum absolute atomic E-state index is 0.109. The normalized spacial score (nSPS) is 17.6. The highest BCUT2D eigenvalue weighted by Gasteiger charge is 2.21. The summed E-state index contributed by atoms with van der Waals surface area (Å²) >= 11 is 5.30. The second-order valence-electron chi connectivity index (χ2n) is 5.39. The van der Waals surface area contributed by atoms with E-state index in [0.717, 1.165) is 29.5 Å². The quantitative estimate of drug-likeness (QED) is 0.708. The zero-order valence-corrected chi connectivity index (χ0v) is 14.4. The molecule has 20 heavy (non-hydrogen) atoms. The number of rotatable bonds is 7. The fourth-order valence-corrected chi connectivity index (χ4v) is 4.46. The summed E-state index contributed by atoms with van der Waals surface area (Å²) in [7, 11) is 0. The summed E-state index contributed by atoms with van der Waals surface area (Å²) in [6.07, 6.45) is 6.43. The molecular formula is C16H23BrFNS. The molecule has 2 rings (SSSR count). The summed E-state index contributed by atoms with van der Waals surface area (Å²) in [5.41, 5.74) is 0.790. The molecule has 0 spiro atoms. The Morgan fingerprint density at radius 3 is 2.85 bits per heavy atom. The molecular weight excluding hydrogens is 337 g/mol. The smallest absolute Gasteiger partial charge is 0.142 e. The maximum Gasteiger partial charge on any atom is 0.142 e. The van der Waals surface area contributed by atoms with Crippen LogP contribution in [0, 0.1) is 5.82 Å². The zero-order chi connectivity index (χ0) is 14.4. The van der Waals surface area contributed by atoms with Gasteiger partial charge in [-0.25, -0.2) is 4.39 Å². The average molecular weight is 360 g/mol. The maximum atomic E-state index is 14.3. The number of hydrogen-bond donors (Lipinski definition) is 1. The predicted molar refractivity (Wildman–Crippen MR) is 89.8 cm³/mol. The van der Waals surface area contributed by atoms with Crippen LogP contribution in [0.1, 0.15) is 50.6 Å². The van der Waals surface area contributed by atoms with Gasteiger partial charge in [0.25, 0.3) is 0 Å². The second kappa shape index (κ2) is 8.40. The monoisotopic (exact) mass is 359 g/mol. The van der Waals surface area contributed by atoms with E-state index >= 15 is 0 Å². The topological polar surface area (TPSA) is 12.0 Å². The van der Waals surface area contributed by atoms with Crippen molar-refractivity contribution in [2.75, 3.05) is 12.3 Å². The molecule has 1 aliphatic carbocycles. The van der Waals surface area contributed by atoms with Crippen LogP contribution >= 0.6 is 27.7 Å². The first-order valence-electron chi connectivity index (χ1n) is 7.51. The number of nitrogens with one attached hydrogen (secondary N) is 1. The predicted octanol–water partition coefficient (Wildman–Crippen LogP) is 5.30. The number of benzene rings is 1. The third-order valence-corrected chi connectivity index (χ3v) is 5.88. The second-order valence-corrected chi connectivity index (χ2v) is 7.58. The Morgan fingerprint density at radius 1 is 1.40 bits per heavy atom. The molecule has 1 fully saturated rings. The molecule has 1 aliphatic rings. The molecule has 1 N–H and O–H groups in total. The summed E-state index contributed by atoms with van der Waals surface area (Å²) in [4.78, 5) is 0. The third kappa shape index (κ3) is 4.47. The Balaban J connectivity index is 2.03. The van der Waals surface area contributed by atoms with E-state index in [1.165, 1.54) is 25.7 Å². The van der Waals surface area contributed by atoms with Crippen molar-refractivity contribution in [2.45, 2.75) is 50.3 Å². The van der Waals surface area contributed by atoms with Gasteiger partial charge in [-0.2, -0.15) is 11.8 Å². The van der Waals surface area contributed by atoms with Crippen molar-refractivity contribution in [2.24, 2.45) is 0 Å². The molecule has 0 bridgehead atoms. The Hall–Kier alpha value is -0.0600. The van der Waals surface area contributed by atoms with Gasteiger partial charge < -0.3 is 5.32 Å². The number of hydrogen-bond acceptors (Lipinski definition) is 2. The van der Waals surface area contributed by atoms with E-state index in [9.17, 15) is 4.39 Å². The van der Waals surface area contributed by atoms with E-state index in [0.29, 0.717) is 4.47 Å². The van der Waals surface area contributed by atoms with Gasteiger partial charge in [0.1, 0.15) is 5.82 Å². The minimum atomic E-state index is -0.117. The van der Waals surface area contributed by atoms with Gasteiger partial charge in [0.15, 0.2) is 0 Å². The highest BCUT2D eigenvalue weighted by atomic mass is 79.9. The van der Waals surface area contributed by atoms with Crippen LogP contribution in [0.5, 0.6) is 0 Å². The lowest BCUT2D eigenvalue weighted by molar-refractivity contribution is 0.529. The zero-order valence-electron chi connectivity index (χ0n) is 12.0. The number of thioether (sulfide) groups is 1. The summed E-state index contributed by atoms with van der Waals surface area (Å²) in [6, 6.07) is 5.70. The Morgan fingerprint density at radius 2 is 2.15 bits per heavy atom. The Kier molecular flexibility index (Phi) is 6.85. The van der Waals surface area contributed by atoms with Crippen molar-refractivity contribution >= 4 is 27.7 Å². The van der Waals surface area contributed by atoms with E-state index in [1.807, 2.05) is 23.9 Å². The highest BCUT2D eigenvalue weighted by molar-refractivity contribution is 9.10. The van der Waals surface area contributed by atoms with Crippen molar-refractivity contribution in [3.63, 3.8) is 0 Å². The first kappa shape index (κ1) is 16.3. The van der Waals surface area contributed by atoms with Gasteiger partial charge in [-0.3, -0.25) is 0 Å². The molecule has 0 aliphatic heterocycles. The van der Waals surface area contributed by atoms with Gasteiger partial charge in [0, 0.05) is 22.6 Å². The summed E-state index contributed by atoms with van der Waals surface area (Å²) in [6.45, 7) is 3.08. The first-order valence-corrected chi connectivity index (χ1v) is 9.35. The van der Waals surface area contributed by atoms with E-state index < -0.39 is 0 Å². The van der Waals surface area contributed by atoms with E-state index in [4.69, 9.17) is 0 Å². The summed E-state index contributed by atoms with van der Waals surface area (Å²) in [5, 5.41) is 4.27. The third-order valence-electron chi connectivity index (χ3n) is 3.80. The Labute approximate surface area is 134 Å². The molecule has 1 unspecified atom stereocenters. The molecule has 0 radical (unpaired) electrons. The molecule has 0 heterocycles. The SMILES string of the molecule is CCCNC(CSC1CCCC1)c1cccc(Br)c1F. The van der Waals surface area contributed by atoms with Crippen molar-refractivity contribution in [3.8, 4) is 0 Å². The van der Waals surface area contributed by atoms with Crippen LogP contribution in [0.2, 0.25) is 0 Å².